The average Bonchev–Trinajstić information content (AvgIpc) is 3.26. The van der Waals surface area contributed by atoms with Crippen LogP contribution in [-0.4, -0.2) is 59.0 Å². The molecule has 3 aromatic rings. The van der Waals surface area contributed by atoms with Gasteiger partial charge < -0.3 is 25.4 Å². The Morgan fingerprint density at radius 3 is 2.82 bits per heavy atom. The molecule has 1 saturated heterocycles. The number of halogens is 1. The molecule has 0 unspecified atom stereocenters. The van der Waals surface area contributed by atoms with Gasteiger partial charge in [-0.05, 0) is 43.0 Å². The first-order valence-electron chi connectivity index (χ1n) is 11.7. The number of hydrogen-bond donors (Lipinski definition) is 2. The fourth-order valence-corrected chi connectivity index (χ4v) is 4.80. The summed E-state index contributed by atoms with van der Waals surface area (Å²) in [6.07, 6.45) is 5.48. The number of ether oxygens (including phenoxy) is 2. The second-order valence-corrected chi connectivity index (χ2v) is 9.15. The predicted molar refractivity (Wildman–Crippen MR) is 131 cm³/mol. The summed E-state index contributed by atoms with van der Waals surface area (Å²) in [5.74, 6) is 0. The van der Waals surface area contributed by atoms with E-state index in [4.69, 9.17) is 26.8 Å². The Hall–Kier alpha value is -2.88. The molecule has 2 fully saturated rings. The number of morpholine rings is 1. The summed E-state index contributed by atoms with van der Waals surface area (Å²) in [6, 6.07) is 5.71. The molecule has 2 aromatic heterocycles. The van der Waals surface area contributed by atoms with Gasteiger partial charge >= 0.3 is 6.03 Å². The fourth-order valence-electron chi connectivity index (χ4n) is 4.52. The second-order valence-electron chi connectivity index (χ2n) is 8.74. The van der Waals surface area contributed by atoms with Gasteiger partial charge in [0.1, 0.15) is 11.8 Å². The third kappa shape index (κ3) is 4.55. The van der Waals surface area contributed by atoms with Crippen molar-refractivity contribution in [1.82, 2.24) is 19.9 Å². The van der Waals surface area contributed by atoms with Crippen LogP contribution in [0.15, 0.2) is 30.7 Å². The molecule has 1 aliphatic carbocycles. The number of rotatable bonds is 6. The maximum absolute atomic E-state index is 12.9. The van der Waals surface area contributed by atoms with Gasteiger partial charge in [-0.1, -0.05) is 18.5 Å². The summed E-state index contributed by atoms with van der Waals surface area (Å²) in [5.41, 5.74) is 11.0. The lowest BCUT2D eigenvalue weighted by atomic mass is 9.89. The molecule has 1 saturated carbocycles. The molecule has 0 spiro atoms. The maximum atomic E-state index is 12.9. The first-order chi connectivity index (χ1) is 16.5. The molecule has 1 amide bonds. The minimum Gasteiger partial charge on any atom is -0.399 e. The molecule has 5 rings (SSSR count). The van der Waals surface area contributed by atoms with Crippen LogP contribution in [0.2, 0.25) is 5.02 Å². The number of benzene rings is 1. The molecule has 180 valence electrons. The Morgan fingerprint density at radius 2 is 2.09 bits per heavy atom. The number of amides is 1. The van der Waals surface area contributed by atoms with E-state index in [1.807, 2.05) is 19.1 Å². The Labute approximate surface area is 203 Å². The van der Waals surface area contributed by atoms with Gasteiger partial charge in [-0.2, -0.15) is 0 Å². The molecule has 2 atom stereocenters. The smallest absolute Gasteiger partial charge is 0.328 e. The number of carbonyl (C=O) groups excluding carboxylic acids is 1. The number of fused-ring (bicyclic) bond motifs is 1. The largest absolute Gasteiger partial charge is 0.399 e. The van der Waals surface area contributed by atoms with Crippen LogP contribution in [0.5, 0.6) is 0 Å². The van der Waals surface area contributed by atoms with Crippen molar-refractivity contribution in [2.45, 2.75) is 44.9 Å². The average molecular weight is 485 g/mol. The third-order valence-electron chi connectivity index (χ3n) is 6.55. The van der Waals surface area contributed by atoms with Crippen molar-refractivity contribution in [3.8, 4) is 0 Å². The van der Waals surface area contributed by atoms with Crippen molar-refractivity contribution < 1.29 is 14.3 Å². The molecular formula is C24H29ClN6O3. The highest BCUT2D eigenvalue weighted by molar-refractivity contribution is 6.32. The first kappa shape index (κ1) is 22.9. The summed E-state index contributed by atoms with van der Waals surface area (Å²) in [4.78, 5) is 23.9. The third-order valence-corrected chi connectivity index (χ3v) is 6.87. The molecule has 0 radical (unpaired) electrons. The first-order valence-corrected chi connectivity index (χ1v) is 12.1. The van der Waals surface area contributed by atoms with Gasteiger partial charge in [-0.25, -0.2) is 19.3 Å². The van der Waals surface area contributed by atoms with E-state index >= 15 is 0 Å². The highest BCUT2D eigenvalue weighted by atomic mass is 35.5. The highest BCUT2D eigenvalue weighted by Gasteiger charge is 2.33. The number of nitrogens with two attached hydrogens (primary N) is 1. The molecule has 3 heterocycles. The molecule has 0 bridgehead atoms. The molecule has 1 aromatic carbocycles. The number of pyridine rings is 1. The second kappa shape index (κ2) is 9.77. The van der Waals surface area contributed by atoms with Crippen LogP contribution in [0.4, 0.5) is 16.2 Å². The Kier molecular flexibility index (Phi) is 6.58. The van der Waals surface area contributed by atoms with Crippen LogP contribution in [0.25, 0.3) is 11.2 Å². The van der Waals surface area contributed by atoms with Crippen molar-refractivity contribution in [3.05, 3.63) is 46.9 Å². The molecular weight excluding hydrogens is 456 g/mol. The number of carbonyl (C=O) groups is 1. The summed E-state index contributed by atoms with van der Waals surface area (Å²) < 4.78 is 13.0. The number of nitrogens with one attached hydrogen (secondary N) is 1. The van der Waals surface area contributed by atoms with Crippen molar-refractivity contribution in [1.29, 1.82) is 0 Å². The van der Waals surface area contributed by atoms with Crippen LogP contribution >= 0.6 is 11.6 Å². The van der Waals surface area contributed by atoms with Crippen molar-refractivity contribution >= 4 is 40.2 Å². The van der Waals surface area contributed by atoms with Gasteiger partial charge in [0.25, 0.3) is 0 Å². The summed E-state index contributed by atoms with van der Waals surface area (Å²) in [6.45, 7) is 5.58. The topological polar surface area (TPSA) is 108 Å². The van der Waals surface area contributed by atoms with E-state index in [9.17, 15) is 4.79 Å². The zero-order valence-corrected chi connectivity index (χ0v) is 19.9. The predicted octanol–water partition coefficient (Wildman–Crippen LogP) is 3.37. The Bertz CT molecular complexity index is 1190. The van der Waals surface area contributed by atoms with Gasteiger partial charge in [-0.3, -0.25) is 0 Å². The number of aromatic nitrogens is 3. The van der Waals surface area contributed by atoms with Gasteiger partial charge in [0.05, 0.1) is 37.0 Å². The molecule has 10 heteroatoms. The minimum absolute atomic E-state index is 0.0550. The summed E-state index contributed by atoms with van der Waals surface area (Å²) in [5, 5.41) is 3.62. The van der Waals surface area contributed by atoms with Crippen molar-refractivity contribution in [2.24, 2.45) is 0 Å². The quantitative estimate of drug-likeness (QED) is 0.516. The lowest BCUT2D eigenvalue weighted by Crippen LogP contribution is -2.52. The summed E-state index contributed by atoms with van der Waals surface area (Å²) >= 11 is 6.23. The number of hydrogen-bond acceptors (Lipinski definition) is 7. The zero-order chi connectivity index (χ0) is 23.7. The molecule has 34 heavy (non-hydrogen) atoms. The van der Waals surface area contributed by atoms with E-state index in [0.717, 1.165) is 56.0 Å². The van der Waals surface area contributed by atoms with Crippen molar-refractivity contribution in [3.63, 3.8) is 0 Å². The van der Waals surface area contributed by atoms with Gasteiger partial charge in [-0.15, -0.1) is 0 Å². The Balaban J connectivity index is 1.22. The fraction of sp³-hybridized carbons (Fsp3) is 0.458. The number of aryl methyl sites for hydroxylation is 1. The number of anilines is 2. The van der Waals surface area contributed by atoms with E-state index in [-0.39, 0.29) is 18.2 Å². The molecule has 1 aliphatic heterocycles. The lowest BCUT2D eigenvalue weighted by molar-refractivity contribution is -0.0323. The summed E-state index contributed by atoms with van der Waals surface area (Å²) in [7, 11) is 0. The number of imidazole rings is 1. The molecule has 2 aliphatic rings. The molecule has 3 N–H and O–H groups in total. The maximum Gasteiger partial charge on any atom is 0.328 e. The van der Waals surface area contributed by atoms with Gasteiger partial charge in [0.2, 0.25) is 0 Å². The van der Waals surface area contributed by atoms with Crippen molar-refractivity contribution in [2.75, 3.05) is 36.9 Å². The van der Waals surface area contributed by atoms with Crippen LogP contribution < -0.4 is 16.0 Å². The van der Waals surface area contributed by atoms with Crippen LogP contribution in [0, 0.1) is 0 Å². The number of nitrogen functional groups attached to an aromatic ring is 1. The minimum atomic E-state index is -0.267. The lowest BCUT2D eigenvalue weighted by Gasteiger charge is -2.37. The normalized spacial score (nSPS) is 20.4. The van der Waals surface area contributed by atoms with E-state index in [1.165, 1.54) is 10.9 Å². The standard InChI is InChI=1S/C24H29ClN6O3/c1-2-18-19(25)12-27-23-22(18)28-14-31(23)24(32)29-20-3-4-21(20)34-13-15-9-16(26)11-17(10-15)30-5-7-33-8-6-30/h9-12,14,20-21H,2-8,13,26H2,1H3,(H,29,32)/t20-,21-/m1/s1. The van der Waals surface area contributed by atoms with Gasteiger partial charge in [0.15, 0.2) is 5.65 Å². The van der Waals surface area contributed by atoms with Crippen LogP contribution in [-0.2, 0) is 22.5 Å². The SMILES string of the molecule is CCc1c(Cl)cnc2c1ncn2C(=O)N[C@@H]1CC[C@H]1OCc1cc(N)cc(N2CCOCC2)c1. The number of nitrogens with zero attached hydrogens (tertiary/aromatic N) is 4. The van der Waals surface area contributed by atoms with E-state index in [2.05, 4.69) is 26.3 Å². The highest BCUT2D eigenvalue weighted by Crippen LogP contribution is 2.28. The zero-order valence-electron chi connectivity index (χ0n) is 19.2. The van der Waals surface area contributed by atoms with E-state index in [0.29, 0.717) is 34.9 Å². The van der Waals surface area contributed by atoms with Crippen LogP contribution in [0.3, 0.4) is 0 Å². The van der Waals surface area contributed by atoms with Crippen LogP contribution in [0.1, 0.15) is 30.9 Å². The van der Waals surface area contributed by atoms with E-state index < -0.39 is 0 Å². The Morgan fingerprint density at radius 1 is 1.26 bits per heavy atom. The van der Waals surface area contributed by atoms with Gasteiger partial charge in [0, 0.05) is 36.2 Å². The monoisotopic (exact) mass is 484 g/mol. The molecule has 9 nitrogen and oxygen atoms in total. The van der Waals surface area contributed by atoms with E-state index in [1.54, 1.807) is 6.20 Å².